The maximum Gasteiger partial charge on any atom is 0.252 e. The van der Waals surface area contributed by atoms with Crippen LogP contribution in [0.4, 0.5) is 0 Å². The number of rotatable bonds is 4. The smallest absolute Gasteiger partial charge is 0.252 e. The number of carbonyl (C=O) groups excluding carboxylic acids is 1. The minimum atomic E-state index is -0.111. The second-order valence-electron chi connectivity index (χ2n) is 6.08. The number of carbonyl (C=O) groups is 1. The van der Waals surface area contributed by atoms with Crippen molar-refractivity contribution in [3.05, 3.63) is 58.1 Å². The Kier molecular flexibility index (Phi) is 5.09. The molecule has 5 heteroatoms. The third-order valence-electron chi connectivity index (χ3n) is 4.00. The van der Waals surface area contributed by atoms with Gasteiger partial charge < -0.3 is 14.8 Å². The molecule has 0 aromatic heterocycles. The highest BCUT2D eigenvalue weighted by Crippen LogP contribution is 2.34. The number of hydrogen-bond acceptors (Lipinski definition) is 3. The highest BCUT2D eigenvalue weighted by molar-refractivity contribution is 9.10. The monoisotopic (exact) mass is 389 g/mol. The molecule has 0 saturated heterocycles. The fourth-order valence-corrected chi connectivity index (χ4v) is 3.22. The van der Waals surface area contributed by atoms with E-state index in [1.807, 2.05) is 36.4 Å². The number of hydrogen-bond donors (Lipinski definition) is 1. The average molecular weight is 390 g/mol. The van der Waals surface area contributed by atoms with Crippen molar-refractivity contribution in [2.45, 2.75) is 19.9 Å². The van der Waals surface area contributed by atoms with E-state index < -0.39 is 0 Å². The summed E-state index contributed by atoms with van der Waals surface area (Å²) in [4.78, 5) is 12.6. The predicted molar refractivity (Wildman–Crippen MR) is 96.6 cm³/mol. The van der Waals surface area contributed by atoms with Crippen molar-refractivity contribution in [2.75, 3.05) is 13.2 Å². The van der Waals surface area contributed by atoms with E-state index >= 15 is 0 Å². The first-order valence-corrected chi connectivity index (χ1v) is 8.80. The van der Waals surface area contributed by atoms with Crippen LogP contribution in [0, 0.1) is 5.92 Å². The van der Waals surface area contributed by atoms with Crippen LogP contribution in [0.25, 0.3) is 0 Å². The van der Waals surface area contributed by atoms with Crippen molar-refractivity contribution in [1.82, 2.24) is 5.32 Å². The summed E-state index contributed by atoms with van der Waals surface area (Å²) in [5.41, 5.74) is 1.63. The van der Waals surface area contributed by atoms with Gasteiger partial charge in [0.25, 0.3) is 5.91 Å². The van der Waals surface area contributed by atoms with Crippen LogP contribution in [0.2, 0.25) is 0 Å². The van der Waals surface area contributed by atoms with Crippen LogP contribution in [0.1, 0.15) is 35.8 Å². The van der Waals surface area contributed by atoms with Gasteiger partial charge in [-0.15, -0.1) is 0 Å². The second kappa shape index (κ2) is 7.26. The number of halogens is 1. The number of fused-ring (bicyclic) bond motifs is 1. The maximum atomic E-state index is 12.6. The fourth-order valence-electron chi connectivity index (χ4n) is 2.75. The summed E-state index contributed by atoms with van der Waals surface area (Å²) in [6.07, 6.45) is 0. The molecular weight excluding hydrogens is 370 g/mol. The van der Waals surface area contributed by atoms with Gasteiger partial charge in [-0.1, -0.05) is 32.0 Å². The van der Waals surface area contributed by atoms with Gasteiger partial charge in [-0.2, -0.15) is 0 Å². The molecule has 1 amide bonds. The topological polar surface area (TPSA) is 47.6 Å². The molecule has 0 aliphatic carbocycles. The number of ether oxygens (including phenoxy) is 2. The molecule has 126 valence electrons. The first-order chi connectivity index (χ1) is 11.6. The van der Waals surface area contributed by atoms with Crippen molar-refractivity contribution in [2.24, 2.45) is 5.92 Å². The predicted octanol–water partition coefficient (Wildman–Crippen LogP) is 4.35. The van der Waals surface area contributed by atoms with Gasteiger partial charge in [0.15, 0.2) is 11.5 Å². The van der Waals surface area contributed by atoms with Gasteiger partial charge in [0.1, 0.15) is 13.2 Å². The third kappa shape index (κ3) is 3.56. The summed E-state index contributed by atoms with van der Waals surface area (Å²) >= 11 is 3.43. The van der Waals surface area contributed by atoms with Gasteiger partial charge in [0.05, 0.1) is 11.6 Å². The number of benzene rings is 2. The largest absolute Gasteiger partial charge is 0.486 e. The SMILES string of the molecule is CC(C)[C@@H](NC(=O)c1ccccc1Br)c1ccc2c(c1)OCCO2. The summed E-state index contributed by atoms with van der Waals surface area (Å²) in [7, 11) is 0. The lowest BCUT2D eigenvalue weighted by molar-refractivity contribution is 0.0924. The van der Waals surface area contributed by atoms with E-state index in [9.17, 15) is 4.79 Å². The zero-order valence-electron chi connectivity index (χ0n) is 13.7. The van der Waals surface area contributed by atoms with Crippen molar-refractivity contribution in [3.63, 3.8) is 0 Å². The van der Waals surface area contributed by atoms with Gasteiger partial charge in [0, 0.05) is 4.47 Å². The van der Waals surface area contributed by atoms with E-state index in [-0.39, 0.29) is 17.9 Å². The summed E-state index contributed by atoms with van der Waals surface area (Å²) in [5, 5.41) is 3.13. The zero-order valence-corrected chi connectivity index (χ0v) is 15.3. The molecule has 0 unspecified atom stereocenters. The molecule has 4 nitrogen and oxygen atoms in total. The second-order valence-corrected chi connectivity index (χ2v) is 6.93. The lowest BCUT2D eigenvalue weighted by Gasteiger charge is -2.25. The van der Waals surface area contributed by atoms with Crippen molar-refractivity contribution in [3.8, 4) is 11.5 Å². The molecule has 2 aromatic carbocycles. The van der Waals surface area contributed by atoms with E-state index in [4.69, 9.17) is 9.47 Å². The Bertz CT molecular complexity index is 745. The molecule has 0 saturated carbocycles. The normalized spacial score (nSPS) is 14.3. The van der Waals surface area contributed by atoms with Gasteiger partial charge in [-0.25, -0.2) is 0 Å². The molecule has 1 aliphatic rings. The Morgan fingerprint density at radius 3 is 2.50 bits per heavy atom. The molecule has 0 spiro atoms. The van der Waals surface area contributed by atoms with E-state index in [1.54, 1.807) is 6.07 Å². The lowest BCUT2D eigenvalue weighted by atomic mass is 9.95. The lowest BCUT2D eigenvalue weighted by Crippen LogP contribution is -2.32. The number of nitrogens with one attached hydrogen (secondary N) is 1. The Labute approximate surface area is 150 Å². The summed E-state index contributed by atoms with van der Waals surface area (Å²) in [5.74, 6) is 1.62. The van der Waals surface area contributed by atoms with Gasteiger partial charge >= 0.3 is 0 Å². The van der Waals surface area contributed by atoms with Crippen LogP contribution in [-0.2, 0) is 0 Å². The Morgan fingerprint density at radius 2 is 1.79 bits per heavy atom. The molecule has 1 N–H and O–H groups in total. The third-order valence-corrected chi connectivity index (χ3v) is 4.69. The quantitative estimate of drug-likeness (QED) is 0.845. The average Bonchev–Trinajstić information content (AvgIpc) is 2.59. The molecule has 1 atom stereocenters. The molecule has 1 heterocycles. The summed E-state index contributed by atoms with van der Waals surface area (Å²) in [6, 6.07) is 13.2. The van der Waals surface area contributed by atoms with Crippen LogP contribution < -0.4 is 14.8 Å². The minimum absolute atomic E-state index is 0.101. The van der Waals surface area contributed by atoms with Crippen molar-refractivity contribution in [1.29, 1.82) is 0 Å². The maximum absolute atomic E-state index is 12.6. The first-order valence-electron chi connectivity index (χ1n) is 8.01. The van der Waals surface area contributed by atoms with E-state index in [0.717, 1.165) is 21.5 Å². The Morgan fingerprint density at radius 1 is 1.08 bits per heavy atom. The summed E-state index contributed by atoms with van der Waals surface area (Å²) < 4.78 is 12.0. The summed E-state index contributed by atoms with van der Waals surface area (Å²) in [6.45, 7) is 5.29. The zero-order chi connectivity index (χ0) is 17.1. The Balaban J connectivity index is 1.85. The van der Waals surface area contributed by atoms with E-state index in [2.05, 4.69) is 35.1 Å². The molecular formula is C19H20BrNO3. The highest BCUT2D eigenvalue weighted by atomic mass is 79.9. The highest BCUT2D eigenvalue weighted by Gasteiger charge is 2.22. The number of amides is 1. The fraction of sp³-hybridized carbons (Fsp3) is 0.316. The van der Waals surface area contributed by atoms with Crippen LogP contribution in [0.5, 0.6) is 11.5 Å². The van der Waals surface area contributed by atoms with Crippen LogP contribution in [0.3, 0.4) is 0 Å². The van der Waals surface area contributed by atoms with Crippen LogP contribution >= 0.6 is 15.9 Å². The van der Waals surface area contributed by atoms with Gasteiger partial charge in [0.2, 0.25) is 0 Å². The van der Waals surface area contributed by atoms with Gasteiger partial charge in [-0.05, 0) is 51.7 Å². The molecule has 24 heavy (non-hydrogen) atoms. The Hall–Kier alpha value is -2.01. The van der Waals surface area contributed by atoms with E-state index in [0.29, 0.717) is 18.8 Å². The minimum Gasteiger partial charge on any atom is -0.486 e. The molecule has 3 rings (SSSR count). The van der Waals surface area contributed by atoms with Crippen LogP contribution in [-0.4, -0.2) is 19.1 Å². The van der Waals surface area contributed by atoms with Crippen molar-refractivity contribution >= 4 is 21.8 Å². The molecule has 0 bridgehead atoms. The molecule has 0 fully saturated rings. The molecule has 1 aliphatic heterocycles. The molecule has 2 aromatic rings. The standard InChI is InChI=1S/C19H20BrNO3/c1-12(2)18(21-19(22)14-5-3-4-6-15(14)20)13-7-8-16-17(11-13)24-10-9-23-16/h3-8,11-12,18H,9-10H2,1-2H3,(H,21,22)/t18-/m1/s1. The van der Waals surface area contributed by atoms with Crippen molar-refractivity contribution < 1.29 is 14.3 Å². The van der Waals surface area contributed by atoms with Crippen LogP contribution in [0.15, 0.2) is 46.9 Å². The van der Waals surface area contributed by atoms with E-state index in [1.165, 1.54) is 0 Å². The van der Waals surface area contributed by atoms with Gasteiger partial charge in [-0.3, -0.25) is 4.79 Å². The first kappa shape index (κ1) is 16.8. The molecule has 0 radical (unpaired) electrons.